The second kappa shape index (κ2) is 10.9. The number of methoxy groups -OCH3 is 1. The highest BCUT2D eigenvalue weighted by atomic mass is 35.5. The van der Waals surface area contributed by atoms with Crippen molar-refractivity contribution in [3.05, 3.63) is 0 Å². The quantitative estimate of drug-likeness (QED) is 0.695. The zero-order chi connectivity index (χ0) is 15.8. The van der Waals surface area contributed by atoms with Crippen molar-refractivity contribution in [2.45, 2.75) is 63.8 Å². The van der Waals surface area contributed by atoms with Gasteiger partial charge in [-0.3, -0.25) is 9.59 Å². The first-order valence-electron chi connectivity index (χ1n) is 8.76. The van der Waals surface area contributed by atoms with E-state index in [9.17, 15) is 9.59 Å². The molecule has 0 aromatic heterocycles. The summed E-state index contributed by atoms with van der Waals surface area (Å²) in [5, 5.41) is 6.45. The number of halogens is 1. The van der Waals surface area contributed by atoms with E-state index < -0.39 is 0 Å². The number of amides is 1. The number of ether oxygens (including phenoxy) is 1. The van der Waals surface area contributed by atoms with E-state index in [1.165, 1.54) is 32.8 Å². The number of hydrogen-bond acceptors (Lipinski definition) is 4. The van der Waals surface area contributed by atoms with Gasteiger partial charge in [0.15, 0.2) is 0 Å². The van der Waals surface area contributed by atoms with Crippen LogP contribution in [0.4, 0.5) is 0 Å². The molecule has 0 aromatic rings. The fourth-order valence-electron chi connectivity index (χ4n) is 3.71. The molecule has 0 spiro atoms. The van der Waals surface area contributed by atoms with E-state index in [1.54, 1.807) is 0 Å². The molecule has 2 N–H and O–H groups in total. The van der Waals surface area contributed by atoms with Crippen LogP contribution in [-0.4, -0.2) is 38.1 Å². The van der Waals surface area contributed by atoms with Gasteiger partial charge in [-0.1, -0.05) is 19.3 Å². The van der Waals surface area contributed by atoms with Crippen LogP contribution in [0, 0.1) is 11.8 Å². The Labute approximate surface area is 145 Å². The molecular formula is C17H31ClN2O3. The van der Waals surface area contributed by atoms with Gasteiger partial charge in [-0.05, 0) is 50.6 Å². The minimum atomic E-state index is -0.226. The Hall–Kier alpha value is -0.810. The van der Waals surface area contributed by atoms with Crippen LogP contribution in [0.15, 0.2) is 0 Å². The Balaban J connectivity index is 0.00000264. The van der Waals surface area contributed by atoms with Gasteiger partial charge in [0, 0.05) is 12.5 Å². The number of esters is 1. The molecule has 1 amide bonds. The lowest BCUT2D eigenvalue weighted by molar-refractivity contribution is -0.141. The maximum absolute atomic E-state index is 12.2. The van der Waals surface area contributed by atoms with Gasteiger partial charge >= 0.3 is 5.97 Å². The van der Waals surface area contributed by atoms with Gasteiger partial charge in [0.1, 0.15) is 0 Å². The Bertz CT molecular complexity index is 367. The minimum absolute atomic E-state index is 0. The fraction of sp³-hybridized carbons (Fsp3) is 0.882. The van der Waals surface area contributed by atoms with Crippen molar-refractivity contribution < 1.29 is 14.3 Å². The first-order chi connectivity index (χ1) is 10.7. The maximum atomic E-state index is 12.2. The zero-order valence-corrected chi connectivity index (χ0v) is 15.0. The van der Waals surface area contributed by atoms with Crippen LogP contribution in [0.2, 0.25) is 0 Å². The number of nitrogens with one attached hydrogen (secondary N) is 2. The molecule has 1 aliphatic carbocycles. The van der Waals surface area contributed by atoms with E-state index in [0.717, 1.165) is 32.4 Å². The van der Waals surface area contributed by atoms with Gasteiger partial charge in [0.2, 0.25) is 5.91 Å². The van der Waals surface area contributed by atoms with Crippen LogP contribution in [0.1, 0.15) is 57.8 Å². The molecule has 2 unspecified atom stereocenters. The molecule has 5 nitrogen and oxygen atoms in total. The predicted octanol–water partition coefficient (Wildman–Crippen LogP) is 2.43. The molecule has 2 aliphatic rings. The number of carbonyl (C=O) groups excluding carboxylic acids is 2. The van der Waals surface area contributed by atoms with Crippen molar-refractivity contribution in [2.75, 3.05) is 20.2 Å². The summed E-state index contributed by atoms with van der Waals surface area (Å²) in [6.07, 6.45) is 8.86. The largest absolute Gasteiger partial charge is 0.469 e. The van der Waals surface area contributed by atoms with Gasteiger partial charge < -0.3 is 15.4 Å². The van der Waals surface area contributed by atoms with E-state index in [1.807, 2.05) is 0 Å². The molecular weight excluding hydrogens is 316 g/mol. The van der Waals surface area contributed by atoms with Crippen LogP contribution < -0.4 is 10.6 Å². The van der Waals surface area contributed by atoms with Crippen molar-refractivity contribution in [2.24, 2.45) is 11.8 Å². The Kier molecular flexibility index (Phi) is 9.56. The Morgan fingerprint density at radius 2 is 1.96 bits per heavy atom. The molecule has 1 saturated heterocycles. The molecule has 2 atom stereocenters. The number of rotatable bonds is 7. The van der Waals surface area contributed by atoms with Gasteiger partial charge in [0.05, 0.1) is 13.5 Å². The average molecular weight is 347 g/mol. The first kappa shape index (κ1) is 20.2. The van der Waals surface area contributed by atoms with E-state index in [0.29, 0.717) is 24.7 Å². The molecule has 1 aliphatic heterocycles. The van der Waals surface area contributed by atoms with Crippen molar-refractivity contribution >= 4 is 24.3 Å². The molecule has 0 radical (unpaired) electrons. The molecule has 0 aromatic carbocycles. The summed E-state index contributed by atoms with van der Waals surface area (Å²) in [6.45, 7) is 2.10. The molecule has 134 valence electrons. The van der Waals surface area contributed by atoms with E-state index in [4.69, 9.17) is 4.74 Å². The van der Waals surface area contributed by atoms with Crippen molar-refractivity contribution in [1.29, 1.82) is 0 Å². The Morgan fingerprint density at radius 3 is 2.57 bits per heavy atom. The highest BCUT2D eigenvalue weighted by Gasteiger charge is 2.27. The lowest BCUT2D eigenvalue weighted by atomic mass is 9.82. The van der Waals surface area contributed by atoms with E-state index in [-0.39, 0.29) is 30.3 Å². The highest BCUT2D eigenvalue weighted by Crippen LogP contribution is 2.28. The molecule has 23 heavy (non-hydrogen) atoms. The zero-order valence-electron chi connectivity index (χ0n) is 14.1. The predicted molar refractivity (Wildman–Crippen MR) is 92.6 cm³/mol. The summed E-state index contributed by atoms with van der Waals surface area (Å²) in [6, 6.07) is -0.0537. The molecule has 6 heteroatoms. The smallest absolute Gasteiger partial charge is 0.307 e. The minimum Gasteiger partial charge on any atom is -0.469 e. The Morgan fingerprint density at radius 1 is 1.22 bits per heavy atom. The van der Waals surface area contributed by atoms with Gasteiger partial charge in [-0.2, -0.15) is 0 Å². The number of carbonyl (C=O) groups is 2. The molecule has 2 fully saturated rings. The van der Waals surface area contributed by atoms with Crippen LogP contribution in [0.25, 0.3) is 0 Å². The van der Waals surface area contributed by atoms with Crippen LogP contribution in [0.5, 0.6) is 0 Å². The van der Waals surface area contributed by atoms with Crippen molar-refractivity contribution in [3.63, 3.8) is 0 Å². The molecule has 0 bridgehead atoms. The topological polar surface area (TPSA) is 67.4 Å². The first-order valence-corrected chi connectivity index (χ1v) is 8.76. The van der Waals surface area contributed by atoms with Gasteiger partial charge in [0.25, 0.3) is 0 Å². The summed E-state index contributed by atoms with van der Waals surface area (Å²) in [5.41, 5.74) is 0. The normalized spacial score (nSPS) is 22.9. The van der Waals surface area contributed by atoms with Crippen LogP contribution in [0.3, 0.4) is 0 Å². The van der Waals surface area contributed by atoms with Crippen molar-refractivity contribution in [1.82, 2.24) is 10.6 Å². The molecule has 1 heterocycles. The van der Waals surface area contributed by atoms with E-state index in [2.05, 4.69) is 10.6 Å². The lowest BCUT2D eigenvalue weighted by Gasteiger charge is -2.30. The summed E-state index contributed by atoms with van der Waals surface area (Å²) >= 11 is 0. The summed E-state index contributed by atoms with van der Waals surface area (Å²) < 4.78 is 4.80. The second-order valence-electron chi connectivity index (χ2n) is 6.75. The summed E-state index contributed by atoms with van der Waals surface area (Å²) in [7, 11) is 1.41. The second-order valence-corrected chi connectivity index (χ2v) is 6.75. The summed E-state index contributed by atoms with van der Waals surface area (Å²) in [4.78, 5) is 23.9. The molecule has 1 saturated carbocycles. The third-order valence-corrected chi connectivity index (χ3v) is 5.12. The van der Waals surface area contributed by atoms with Crippen molar-refractivity contribution in [3.8, 4) is 0 Å². The van der Waals surface area contributed by atoms with E-state index >= 15 is 0 Å². The third-order valence-electron chi connectivity index (χ3n) is 5.12. The number of hydrogen-bond donors (Lipinski definition) is 2. The molecule has 2 rings (SSSR count). The highest BCUT2D eigenvalue weighted by molar-refractivity contribution is 5.85. The average Bonchev–Trinajstić information content (AvgIpc) is 3.06. The SMILES string of the molecule is COC(=O)CC(NC(=O)CCC1CCNC1)C1CCCCC1.Cl. The summed E-state index contributed by atoms with van der Waals surface area (Å²) in [5.74, 6) is 0.909. The monoisotopic (exact) mass is 346 g/mol. The van der Waals surface area contributed by atoms with Crippen LogP contribution >= 0.6 is 12.4 Å². The maximum Gasteiger partial charge on any atom is 0.307 e. The fourth-order valence-corrected chi connectivity index (χ4v) is 3.71. The van der Waals surface area contributed by atoms with Crippen LogP contribution in [-0.2, 0) is 14.3 Å². The van der Waals surface area contributed by atoms with Gasteiger partial charge in [-0.25, -0.2) is 0 Å². The third kappa shape index (κ3) is 7.08. The standard InChI is InChI=1S/C17H30N2O3.ClH/c1-22-17(21)11-15(14-5-3-2-4-6-14)19-16(20)8-7-13-9-10-18-12-13;/h13-15,18H,2-12H2,1H3,(H,19,20);1H. The lowest BCUT2D eigenvalue weighted by Crippen LogP contribution is -2.42. The van der Waals surface area contributed by atoms with Gasteiger partial charge in [-0.15, -0.1) is 12.4 Å².